The fraction of sp³-hybridized carbons (Fsp3) is 0.600. The molecule has 6 heteroatoms. The third-order valence-corrected chi connectivity index (χ3v) is 5.39. The first-order valence-electron chi connectivity index (χ1n) is 9.70. The molecule has 0 aliphatic carbocycles. The summed E-state index contributed by atoms with van der Waals surface area (Å²) in [6.07, 6.45) is 4.71. The lowest BCUT2D eigenvalue weighted by Crippen LogP contribution is -2.40. The van der Waals surface area contributed by atoms with E-state index in [0.717, 1.165) is 57.4 Å². The summed E-state index contributed by atoms with van der Waals surface area (Å²) in [6, 6.07) is 8.65. The lowest BCUT2D eigenvalue weighted by molar-refractivity contribution is -0.123. The molecule has 6 nitrogen and oxygen atoms in total. The van der Waals surface area contributed by atoms with Gasteiger partial charge in [0, 0.05) is 32.1 Å². The molecule has 0 radical (unpaired) electrons. The molecule has 0 saturated carbocycles. The maximum atomic E-state index is 12.1. The van der Waals surface area contributed by atoms with Gasteiger partial charge in [0.2, 0.25) is 11.8 Å². The number of piperidine rings is 1. The monoisotopic (exact) mass is 358 g/mol. The van der Waals surface area contributed by atoms with Crippen molar-refractivity contribution < 1.29 is 9.59 Å². The van der Waals surface area contributed by atoms with Crippen molar-refractivity contribution in [3.05, 3.63) is 35.4 Å². The average Bonchev–Trinajstić information content (AvgIpc) is 3.13. The summed E-state index contributed by atoms with van der Waals surface area (Å²) in [4.78, 5) is 25.8. The Morgan fingerprint density at radius 2 is 2.08 bits per heavy atom. The molecule has 0 spiro atoms. The molecule has 3 rings (SSSR count). The number of amides is 2. The van der Waals surface area contributed by atoms with Crippen LogP contribution in [0.25, 0.3) is 0 Å². The Balaban J connectivity index is 1.48. The fourth-order valence-electron chi connectivity index (χ4n) is 3.96. The molecule has 2 unspecified atom stereocenters. The highest BCUT2D eigenvalue weighted by Gasteiger charge is 2.23. The van der Waals surface area contributed by atoms with Crippen molar-refractivity contribution in [1.82, 2.24) is 15.5 Å². The molecule has 0 aromatic heterocycles. The zero-order valence-electron chi connectivity index (χ0n) is 15.4. The molecule has 2 aliphatic heterocycles. The predicted octanol–water partition coefficient (Wildman–Crippen LogP) is 1.14. The number of carbonyl (C=O) groups is 2. The second-order valence-electron chi connectivity index (χ2n) is 7.57. The topological polar surface area (TPSA) is 87.5 Å². The number of hydrogen-bond acceptors (Lipinski definition) is 4. The number of primary amides is 1. The van der Waals surface area contributed by atoms with E-state index in [-0.39, 0.29) is 17.7 Å². The van der Waals surface area contributed by atoms with Crippen molar-refractivity contribution >= 4 is 11.8 Å². The van der Waals surface area contributed by atoms with E-state index in [1.54, 1.807) is 0 Å². The molecular weight excluding hydrogens is 328 g/mol. The summed E-state index contributed by atoms with van der Waals surface area (Å²) in [7, 11) is 0. The number of likely N-dealkylation sites (tertiary alicyclic amines) is 1. The first kappa shape index (κ1) is 18.9. The lowest BCUT2D eigenvalue weighted by atomic mass is 9.97. The third kappa shape index (κ3) is 5.54. The molecular formula is C20H30N4O2. The fourth-order valence-corrected chi connectivity index (χ4v) is 3.96. The molecule has 2 heterocycles. The van der Waals surface area contributed by atoms with E-state index in [1.807, 2.05) is 12.1 Å². The summed E-state index contributed by atoms with van der Waals surface area (Å²) < 4.78 is 0. The van der Waals surface area contributed by atoms with Crippen molar-refractivity contribution in [2.45, 2.75) is 51.2 Å². The largest absolute Gasteiger partial charge is 0.369 e. The van der Waals surface area contributed by atoms with Crippen LogP contribution in [0.1, 0.15) is 43.2 Å². The molecule has 26 heavy (non-hydrogen) atoms. The van der Waals surface area contributed by atoms with Crippen molar-refractivity contribution in [1.29, 1.82) is 0 Å². The van der Waals surface area contributed by atoms with Crippen molar-refractivity contribution in [3.63, 3.8) is 0 Å². The Labute approximate surface area is 155 Å². The summed E-state index contributed by atoms with van der Waals surface area (Å²) in [5.74, 6) is -0.117. The van der Waals surface area contributed by atoms with Crippen molar-refractivity contribution in [2.75, 3.05) is 19.6 Å². The SMILES string of the molecule is NC(=O)C1CCCN(Cc2cccc(CNC(=O)CC3CCCN3)c2)C1. The van der Waals surface area contributed by atoms with Gasteiger partial charge in [0.15, 0.2) is 0 Å². The van der Waals surface area contributed by atoms with E-state index in [4.69, 9.17) is 5.73 Å². The molecule has 2 aliphatic rings. The van der Waals surface area contributed by atoms with Crippen LogP contribution in [0.3, 0.4) is 0 Å². The second kappa shape index (κ2) is 9.14. The van der Waals surface area contributed by atoms with E-state index < -0.39 is 0 Å². The molecule has 2 saturated heterocycles. The van der Waals surface area contributed by atoms with Gasteiger partial charge >= 0.3 is 0 Å². The van der Waals surface area contributed by atoms with Gasteiger partial charge in [0.05, 0.1) is 5.92 Å². The Morgan fingerprint density at radius 1 is 1.23 bits per heavy atom. The second-order valence-corrected chi connectivity index (χ2v) is 7.57. The zero-order valence-corrected chi connectivity index (χ0v) is 15.4. The van der Waals surface area contributed by atoms with Crippen LogP contribution in [0.15, 0.2) is 24.3 Å². The van der Waals surface area contributed by atoms with Crippen LogP contribution < -0.4 is 16.4 Å². The number of benzene rings is 1. The van der Waals surface area contributed by atoms with Crippen LogP contribution in [0.5, 0.6) is 0 Å². The molecule has 4 N–H and O–H groups in total. The van der Waals surface area contributed by atoms with Gasteiger partial charge < -0.3 is 16.4 Å². The number of hydrogen-bond donors (Lipinski definition) is 3. The van der Waals surface area contributed by atoms with Crippen LogP contribution in [0, 0.1) is 5.92 Å². The smallest absolute Gasteiger partial charge is 0.221 e. The zero-order chi connectivity index (χ0) is 18.4. The number of rotatable bonds is 7. The number of nitrogens with two attached hydrogens (primary N) is 1. The minimum absolute atomic E-state index is 0.0320. The summed E-state index contributed by atoms with van der Waals surface area (Å²) >= 11 is 0. The van der Waals surface area contributed by atoms with Gasteiger partial charge in [0.25, 0.3) is 0 Å². The Kier molecular flexibility index (Phi) is 6.63. The molecule has 1 aromatic carbocycles. The lowest BCUT2D eigenvalue weighted by Gasteiger charge is -2.31. The Morgan fingerprint density at radius 3 is 2.85 bits per heavy atom. The average molecular weight is 358 g/mol. The molecule has 1 aromatic rings. The molecule has 2 fully saturated rings. The Bertz CT molecular complexity index is 628. The maximum absolute atomic E-state index is 12.1. The molecule has 2 amide bonds. The van der Waals surface area contributed by atoms with Crippen LogP contribution in [-0.4, -0.2) is 42.4 Å². The van der Waals surface area contributed by atoms with Crippen LogP contribution in [0.2, 0.25) is 0 Å². The minimum atomic E-state index is -0.192. The van der Waals surface area contributed by atoms with E-state index in [0.29, 0.717) is 19.0 Å². The van der Waals surface area contributed by atoms with Gasteiger partial charge in [-0.15, -0.1) is 0 Å². The molecule has 142 valence electrons. The van der Waals surface area contributed by atoms with Crippen LogP contribution in [-0.2, 0) is 22.7 Å². The first-order chi connectivity index (χ1) is 12.6. The van der Waals surface area contributed by atoms with Gasteiger partial charge in [-0.2, -0.15) is 0 Å². The summed E-state index contributed by atoms with van der Waals surface area (Å²) in [6.45, 7) is 4.14. The quantitative estimate of drug-likeness (QED) is 0.682. The minimum Gasteiger partial charge on any atom is -0.369 e. The number of carbonyl (C=O) groups excluding carboxylic acids is 2. The highest BCUT2D eigenvalue weighted by atomic mass is 16.2. The third-order valence-electron chi connectivity index (χ3n) is 5.39. The number of nitrogens with zero attached hydrogens (tertiary/aromatic N) is 1. The summed E-state index contributed by atoms with van der Waals surface area (Å²) in [5.41, 5.74) is 7.78. The van der Waals surface area contributed by atoms with Gasteiger partial charge in [0.1, 0.15) is 0 Å². The maximum Gasteiger partial charge on any atom is 0.221 e. The molecule has 2 atom stereocenters. The van der Waals surface area contributed by atoms with Gasteiger partial charge in [-0.25, -0.2) is 0 Å². The standard InChI is InChI=1S/C20H30N4O2/c21-20(26)17-6-3-9-24(14-17)13-16-5-1-4-15(10-16)12-23-19(25)11-18-7-2-8-22-18/h1,4-5,10,17-18,22H,2-3,6-9,11-14H2,(H2,21,26)(H,23,25). The first-order valence-corrected chi connectivity index (χ1v) is 9.70. The van der Waals surface area contributed by atoms with Gasteiger partial charge in [-0.3, -0.25) is 14.5 Å². The van der Waals surface area contributed by atoms with E-state index >= 15 is 0 Å². The normalized spacial score (nSPS) is 23.7. The highest BCUT2D eigenvalue weighted by Crippen LogP contribution is 2.19. The number of nitrogens with one attached hydrogen (secondary N) is 2. The van der Waals surface area contributed by atoms with Crippen LogP contribution >= 0.6 is 0 Å². The molecule has 0 bridgehead atoms. The van der Waals surface area contributed by atoms with Crippen molar-refractivity contribution in [2.24, 2.45) is 11.7 Å². The van der Waals surface area contributed by atoms with Gasteiger partial charge in [-0.1, -0.05) is 24.3 Å². The summed E-state index contributed by atoms with van der Waals surface area (Å²) in [5, 5.41) is 6.38. The van der Waals surface area contributed by atoms with Gasteiger partial charge in [-0.05, 0) is 49.9 Å². The van der Waals surface area contributed by atoms with E-state index in [9.17, 15) is 9.59 Å². The predicted molar refractivity (Wildman–Crippen MR) is 101 cm³/mol. The Hall–Kier alpha value is -1.92. The highest BCUT2D eigenvalue weighted by molar-refractivity contribution is 5.77. The van der Waals surface area contributed by atoms with E-state index in [1.165, 1.54) is 5.56 Å². The van der Waals surface area contributed by atoms with Crippen LogP contribution in [0.4, 0.5) is 0 Å². The van der Waals surface area contributed by atoms with E-state index in [2.05, 4.69) is 27.7 Å². The van der Waals surface area contributed by atoms with Crippen molar-refractivity contribution in [3.8, 4) is 0 Å².